The molecule has 0 aromatic carbocycles. The molecule has 6 heteroatoms. The predicted molar refractivity (Wildman–Crippen MR) is 85.6 cm³/mol. The standard InChI is InChI=1S/C15H25N3O2S/c1-6-13-11(3)15-10-17(21(19,20)16-5)8-9-18(15)12(4)14(13)7-2/h6,13,16H,1,7-10H2,2-5H3/t13-/m0/s1. The van der Waals surface area contributed by atoms with E-state index in [1.54, 1.807) is 0 Å². The molecule has 0 radical (unpaired) electrons. The van der Waals surface area contributed by atoms with Crippen molar-refractivity contribution < 1.29 is 8.42 Å². The minimum absolute atomic E-state index is 0.221. The first-order valence-electron chi connectivity index (χ1n) is 7.35. The maximum absolute atomic E-state index is 12.0. The van der Waals surface area contributed by atoms with Crippen LogP contribution >= 0.6 is 0 Å². The van der Waals surface area contributed by atoms with Gasteiger partial charge in [0.15, 0.2) is 0 Å². The second-order valence-electron chi connectivity index (χ2n) is 5.50. The number of allylic oxidation sites excluding steroid dienone is 4. The molecule has 0 saturated carbocycles. The molecule has 0 bridgehead atoms. The molecule has 0 aromatic rings. The van der Waals surface area contributed by atoms with Gasteiger partial charge in [-0.25, -0.2) is 4.72 Å². The van der Waals surface area contributed by atoms with Crippen molar-refractivity contribution in [2.45, 2.75) is 27.2 Å². The van der Waals surface area contributed by atoms with Gasteiger partial charge in [-0.05, 0) is 31.4 Å². The third-order valence-corrected chi connectivity index (χ3v) is 6.11. The molecular weight excluding hydrogens is 286 g/mol. The molecule has 2 aliphatic rings. The summed E-state index contributed by atoms with van der Waals surface area (Å²) in [7, 11) is -1.92. The maximum atomic E-state index is 12.0. The van der Waals surface area contributed by atoms with Gasteiger partial charge in [0.2, 0.25) is 0 Å². The third kappa shape index (κ3) is 2.67. The Labute approximate surface area is 128 Å². The topological polar surface area (TPSA) is 52.7 Å². The highest BCUT2D eigenvalue weighted by Crippen LogP contribution is 2.38. The quantitative estimate of drug-likeness (QED) is 0.806. The highest BCUT2D eigenvalue weighted by molar-refractivity contribution is 7.87. The summed E-state index contributed by atoms with van der Waals surface area (Å²) in [4.78, 5) is 2.27. The summed E-state index contributed by atoms with van der Waals surface area (Å²) in [6.07, 6.45) is 2.95. The number of piperazine rings is 1. The lowest BCUT2D eigenvalue weighted by Gasteiger charge is -2.44. The van der Waals surface area contributed by atoms with E-state index < -0.39 is 10.2 Å². The number of fused-ring (bicyclic) bond motifs is 1. The lowest BCUT2D eigenvalue weighted by atomic mass is 9.83. The van der Waals surface area contributed by atoms with Crippen molar-refractivity contribution in [1.82, 2.24) is 13.9 Å². The van der Waals surface area contributed by atoms with Crippen molar-refractivity contribution in [2.75, 3.05) is 26.7 Å². The SMILES string of the molecule is C=C[C@H]1C(C)=C2CN(S(=O)(=O)NC)CCN2C(C)=C1CC. The van der Waals surface area contributed by atoms with Crippen LogP contribution in [0.15, 0.2) is 35.2 Å². The monoisotopic (exact) mass is 311 g/mol. The number of rotatable bonds is 4. The first kappa shape index (κ1) is 16.3. The zero-order valence-electron chi connectivity index (χ0n) is 13.3. The minimum atomic E-state index is -3.38. The lowest BCUT2D eigenvalue weighted by Crippen LogP contribution is -2.51. The van der Waals surface area contributed by atoms with E-state index in [4.69, 9.17) is 0 Å². The van der Waals surface area contributed by atoms with Crippen LogP contribution in [0, 0.1) is 5.92 Å². The first-order valence-corrected chi connectivity index (χ1v) is 8.79. The van der Waals surface area contributed by atoms with Crippen molar-refractivity contribution in [3.05, 3.63) is 35.2 Å². The summed E-state index contributed by atoms with van der Waals surface area (Å²) in [6, 6.07) is 0. The Morgan fingerprint density at radius 3 is 2.57 bits per heavy atom. The summed E-state index contributed by atoms with van der Waals surface area (Å²) >= 11 is 0. The van der Waals surface area contributed by atoms with E-state index in [1.165, 1.54) is 28.2 Å². The minimum Gasteiger partial charge on any atom is -0.346 e. The van der Waals surface area contributed by atoms with E-state index in [0.29, 0.717) is 19.6 Å². The molecule has 1 saturated heterocycles. The molecule has 2 heterocycles. The molecule has 21 heavy (non-hydrogen) atoms. The van der Waals surface area contributed by atoms with Crippen LogP contribution in [0.25, 0.3) is 0 Å². The molecule has 5 nitrogen and oxygen atoms in total. The molecule has 0 amide bonds. The molecule has 1 N–H and O–H groups in total. The van der Waals surface area contributed by atoms with Gasteiger partial charge in [-0.15, -0.1) is 6.58 Å². The lowest BCUT2D eigenvalue weighted by molar-refractivity contribution is 0.266. The normalized spacial score (nSPS) is 24.4. The van der Waals surface area contributed by atoms with Crippen LogP contribution in [0.5, 0.6) is 0 Å². The van der Waals surface area contributed by atoms with Crippen molar-refractivity contribution >= 4 is 10.2 Å². The Bertz CT molecular complexity index is 604. The zero-order valence-corrected chi connectivity index (χ0v) is 14.1. The molecular formula is C15H25N3O2S. The van der Waals surface area contributed by atoms with Crippen LogP contribution < -0.4 is 4.72 Å². The number of nitrogens with one attached hydrogen (secondary N) is 1. The smallest absolute Gasteiger partial charge is 0.279 e. The van der Waals surface area contributed by atoms with Gasteiger partial charge in [-0.3, -0.25) is 0 Å². The molecule has 0 unspecified atom stereocenters. The summed E-state index contributed by atoms with van der Waals surface area (Å²) < 4.78 is 28.0. The molecule has 0 spiro atoms. The van der Waals surface area contributed by atoms with Gasteiger partial charge >= 0.3 is 0 Å². The van der Waals surface area contributed by atoms with Crippen LogP contribution in [-0.2, 0) is 10.2 Å². The van der Waals surface area contributed by atoms with Gasteiger partial charge in [0.1, 0.15) is 0 Å². The average Bonchev–Trinajstić information content (AvgIpc) is 2.49. The number of nitrogens with zero attached hydrogens (tertiary/aromatic N) is 2. The fourth-order valence-corrected chi connectivity index (χ4v) is 4.23. The summed E-state index contributed by atoms with van der Waals surface area (Å²) in [5.74, 6) is 0.221. The van der Waals surface area contributed by atoms with Crippen LogP contribution in [0.4, 0.5) is 0 Å². The Balaban J connectivity index is 2.41. The van der Waals surface area contributed by atoms with Gasteiger partial charge in [0.05, 0.1) is 6.54 Å². The van der Waals surface area contributed by atoms with E-state index in [0.717, 1.165) is 12.1 Å². The third-order valence-electron chi connectivity index (χ3n) is 4.61. The van der Waals surface area contributed by atoms with Crippen LogP contribution in [0.1, 0.15) is 27.2 Å². The average molecular weight is 311 g/mol. The zero-order chi connectivity index (χ0) is 15.8. The molecule has 118 valence electrons. The van der Waals surface area contributed by atoms with E-state index in [1.807, 2.05) is 6.08 Å². The molecule has 0 aromatic heterocycles. The highest BCUT2D eigenvalue weighted by atomic mass is 32.2. The first-order chi connectivity index (χ1) is 9.87. The molecule has 2 aliphatic heterocycles. The van der Waals surface area contributed by atoms with Gasteiger partial charge in [-0.1, -0.05) is 13.0 Å². The van der Waals surface area contributed by atoms with Gasteiger partial charge in [-0.2, -0.15) is 12.7 Å². The van der Waals surface area contributed by atoms with Crippen LogP contribution in [-0.4, -0.2) is 44.3 Å². The molecule has 1 atom stereocenters. The van der Waals surface area contributed by atoms with Crippen molar-refractivity contribution in [3.8, 4) is 0 Å². The van der Waals surface area contributed by atoms with Crippen LogP contribution in [0.3, 0.4) is 0 Å². The summed E-state index contributed by atoms with van der Waals surface area (Å²) in [5, 5.41) is 0. The van der Waals surface area contributed by atoms with E-state index >= 15 is 0 Å². The Morgan fingerprint density at radius 1 is 1.38 bits per heavy atom. The van der Waals surface area contributed by atoms with Gasteiger partial charge in [0.25, 0.3) is 10.2 Å². The second-order valence-corrected chi connectivity index (χ2v) is 7.38. The second kappa shape index (κ2) is 5.94. The summed E-state index contributed by atoms with van der Waals surface area (Å²) in [6.45, 7) is 12.0. The Hall–Kier alpha value is -1.11. The van der Waals surface area contributed by atoms with Gasteiger partial charge < -0.3 is 4.90 Å². The Kier molecular flexibility index (Phi) is 4.60. The van der Waals surface area contributed by atoms with Crippen LogP contribution in [0.2, 0.25) is 0 Å². The van der Waals surface area contributed by atoms with E-state index in [2.05, 4.69) is 37.0 Å². The predicted octanol–water partition coefficient (Wildman–Crippen LogP) is 1.84. The fourth-order valence-electron chi connectivity index (χ4n) is 3.35. The Morgan fingerprint density at radius 2 is 2.05 bits per heavy atom. The molecule has 0 aliphatic carbocycles. The fraction of sp³-hybridized carbons (Fsp3) is 0.600. The molecule has 2 rings (SSSR count). The number of hydrogen-bond acceptors (Lipinski definition) is 3. The van der Waals surface area contributed by atoms with E-state index in [-0.39, 0.29) is 5.92 Å². The highest BCUT2D eigenvalue weighted by Gasteiger charge is 2.35. The van der Waals surface area contributed by atoms with Crippen molar-refractivity contribution in [3.63, 3.8) is 0 Å². The summed E-state index contributed by atoms with van der Waals surface area (Å²) in [5.41, 5.74) is 4.95. The number of hydrogen-bond donors (Lipinski definition) is 1. The largest absolute Gasteiger partial charge is 0.346 e. The molecule has 1 fully saturated rings. The van der Waals surface area contributed by atoms with Crippen molar-refractivity contribution in [1.29, 1.82) is 0 Å². The van der Waals surface area contributed by atoms with Crippen molar-refractivity contribution in [2.24, 2.45) is 5.92 Å². The maximum Gasteiger partial charge on any atom is 0.279 e. The van der Waals surface area contributed by atoms with Gasteiger partial charge in [0, 0.05) is 37.4 Å². The van der Waals surface area contributed by atoms with E-state index in [9.17, 15) is 8.42 Å².